The second kappa shape index (κ2) is 7.81. The Morgan fingerprint density at radius 1 is 1.41 bits per heavy atom. The first-order valence-corrected chi connectivity index (χ1v) is 10.1. The molecule has 2 aliphatic rings. The largest absolute Gasteiger partial charge is 0.378 e. The van der Waals surface area contributed by atoms with Gasteiger partial charge in [0.2, 0.25) is 0 Å². The number of rotatable bonds is 3. The third-order valence-electron chi connectivity index (χ3n) is 5.02. The van der Waals surface area contributed by atoms with Crippen LogP contribution in [0.4, 0.5) is 10.1 Å². The lowest BCUT2D eigenvalue weighted by atomic mass is 9.84. The number of thioether (sulfide) groups is 1. The fraction of sp³-hybridized carbons (Fsp3) is 0.300. The summed E-state index contributed by atoms with van der Waals surface area (Å²) in [4.78, 5) is 21.0. The average Bonchev–Trinajstić information content (AvgIpc) is 2.74. The summed E-state index contributed by atoms with van der Waals surface area (Å²) < 4.78 is 20.8. The molecule has 2 aliphatic heterocycles. The number of amides is 1. The van der Waals surface area contributed by atoms with Gasteiger partial charge in [-0.25, -0.2) is 14.4 Å². The van der Waals surface area contributed by atoms with Crippen molar-refractivity contribution in [2.45, 2.75) is 18.6 Å². The van der Waals surface area contributed by atoms with E-state index in [1.165, 1.54) is 42.2 Å². The van der Waals surface area contributed by atoms with E-state index in [0.29, 0.717) is 28.8 Å². The standard InChI is InChI=1S/C20H18FN5O2S/c21-16-5-4-14(25-18(27)17-6-3-12(9-22)10-24-17)8-15(16)20-13(2-1-7-28-20)11-29-19(23)26-20/h3-6,8,10,13H,1-2,7,11H2,(H2,23,26)(H,25,27)/t13-,20-/m1/s1. The molecule has 3 N–H and O–H groups in total. The zero-order chi connectivity index (χ0) is 20.4. The predicted molar refractivity (Wildman–Crippen MR) is 108 cm³/mol. The fourth-order valence-corrected chi connectivity index (χ4v) is 4.56. The topological polar surface area (TPSA) is 113 Å². The van der Waals surface area contributed by atoms with Crippen LogP contribution in [0.15, 0.2) is 41.5 Å². The molecule has 9 heteroatoms. The maximum atomic E-state index is 14.8. The van der Waals surface area contributed by atoms with Gasteiger partial charge in [0.1, 0.15) is 17.6 Å². The Kier molecular flexibility index (Phi) is 5.22. The van der Waals surface area contributed by atoms with Gasteiger partial charge in [0, 0.05) is 35.7 Å². The van der Waals surface area contributed by atoms with Crippen LogP contribution in [0.1, 0.15) is 34.5 Å². The number of pyridine rings is 1. The van der Waals surface area contributed by atoms with Gasteiger partial charge in [0.15, 0.2) is 10.9 Å². The van der Waals surface area contributed by atoms with Crippen molar-refractivity contribution in [1.29, 1.82) is 5.26 Å². The number of nitriles is 1. The lowest BCUT2D eigenvalue weighted by Crippen LogP contribution is -2.46. The quantitative estimate of drug-likeness (QED) is 0.803. The van der Waals surface area contributed by atoms with Gasteiger partial charge in [0.05, 0.1) is 5.56 Å². The molecule has 1 fully saturated rings. The molecule has 0 saturated carbocycles. The molecule has 148 valence electrons. The van der Waals surface area contributed by atoms with E-state index in [-0.39, 0.29) is 17.2 Å². The summed E-state index contributed by atoms with van der Waals surface area (Å²) in [5, 5.41) is 11.9. The van der Waals surface area contributed by atoms with E-state index >= 15 is 0 Å². The molecule has 7 nitrogen and oxygen atoms in total. The highest BCUT2D eigenvalue weighted by Crippen LogP contribution is 2.47. The Morgan fingerprint density at radius 3 is 3.03 bits per heavy atom. The molecule has 0 aliphatic carbocycles. The molecular weight excluding hydrogens is 393 g/mol. The first kappa shape index (κ1) is 19.4. The Bertz CT molecular complexity index is 1020. The van der Waals surface area contributed by atoms with Crippen LogP contribution in [0.3, 0.4) is 0 Å². The van der Waals surface area contributed by atoms with Crippen LogP contribution >= 0.6 is 11.8 Å². The zero-order valence-corrected chi connectivity index (χ0v) is 16.2. The van der Waals surface area contributed by atoms with Gasteiger partial charge in [-0.2, -0.15) is 5.26 Å². The SMILES string of the molecule is N#Cc1ccc(C(=O)Nc2ccc(F)c([C@@]34N=C(N)SC[C@H]3CCCO4)c2)nc1. The molecule has 1 saturated heterocycles. The van der Waals surface area contributed by atoms with E-state index in [0.717, 1.165) is 12.8 Å². The van der Waals surface area contributed by atoms with E-state index in [1.54, 1.807) is 6.07 Å². The van der Waals surface area contributed by atoms with Crippen molar-refractivity contribution in [2.24, 2.45) is 16.6 Å². The minimum Gasteiger partial charge on any atom is -0.378 e. The van der Waals surface area contributed by atoms with E-state index in [4.69, 9.17) is 15.7 Å². The monoisotopic (exact) mass is 411 g/mol. The van der Waals surface area contributed by atoms with Gasteiger partial charge >= 0.3 is 0 Å². The van der Waals surface area contributed by atoms with Crippen molar-refractivity contribution >= 4 is 28.5 Å². The third kappa shape index (κ3) is 3.69. The number of hydrogen-bond donors (Lipinski definition) is 2. The van der Waals surface area contributed by atoms with Crippen LogP contribution in [0.5, 0.6) is 0 Å². The Labute approximate surface area is 171 Å². The number of aliphatic imine (C=N–C) groups is 1. The zero-order valence-electron chi connectivity index (χ0n) is 15.4. The highest BCUT2D eigenvalue weighted by Gasteiger charge is 2.48. The first-order valence-electron chi connectivity index (χ1n) is 9.11. The fourth-order valence-electron chi connectivity index (χ4n) is 3.60. The van der Waals surface area contributed by atoms with E-state index in [1.807, 2.05) is 6.07 Å². The molecule has 1 aromatic carbocycles. The van der Waals surface area contributed by atoms with Gasteiger partial charge in [-0.3, -0.25) is 4.79 Å². The Hall–Kier alpha value is -2.96. The number of carbonyl (C=O) groups excluding carboxylic acids is 1. The maximum absolute atomic E-state index is 14.8. The molecule has 4 rings (SSSR count). The summed E-state index contributed by atoms with van der Waals surface area (Å²) in [6, 6.07) is 9.22. The molecule has 1 aromatic heterocycles. The third-order valence-corrected chi connectivity index (χ3v) is 5.97. The number of nitrogens with one attached hydrogen (secondary N) is 1. The van der Waals surface area contributed by atoms with Gasteiger partial charge in [-0.05, 0) is 43.2 Å². The molecule has 1 amide bonds. The van der Waals surface area contributed by atoms with Crippen molar-refractivity contribution in [3.8, 4) is 6.07 Å². The van der Waals surface area contributed by atoms with Crippen LogP contribution in [-0.4, -0.2) is 28.4 Å². The summed E-state index contributed by atoms with van der Waals surface area (Å²) in [6.07, 6.45) is 3.06. The number of halogens is 1. The highest BCUT2D eigenvalue weighted by molar-refractivity contribution is 8.13. The van der Waals surface area contributed by atoms with Crippen molar-refractivity contribution in [2.75, 3.05) is 17.7 Å². The molecule has 0 bridgehead atoms. The molecule has 29 heavy (non-hydrogen) atoms. The lowest BCUT2D eigenvalue weighted by molar-refractivity contribution is -0.115. The van der Waals surface area contributed by atoms with Crippen LogP contribution < -0.4 is 11.1 Å². The number of carbonyl (C=O) groups is 1. The van der Waals surface area contributed by atoms with Crippen LogP contribution in [0.2, 0.25) is 0 Å². The highest BCUT2D eigenvalue weighted by atomic mass is 32.2. The number of ether oxygens (including phenoxy) is 1. The van der Waals surface area contributed by atoms with Crippen molar-refractivity contribution in [1.82, 2.24) is 4.98 Å². The second-order valence-corrected chi connectivity index (χ2v) is 7.88. The minimum absolute atomic E-state index is 0.00538. The summed E-state index contributed by atoms with van der Waals surface area (Å²) >= 11 is 1.44. The number of anilines is 1. The number of benzene rings is 1. The number of nitrogens with two attached hydrogens (primary N) is 1. The summed E-state index contributed by atoms with van der Waals surface area (Å²) in [5.41, 5.74) is 5.93. The number of amidine groups is 1. The molecule has 0 spiro atoms. The van der Waals surface area contributed by atoms with Gasteiger partial charge in [-0.1, -0.05) is 11.8 Å². The van der Waals surface area contributed by atoms with Crippen molar-refractivity contribution in [3.05, 3.63) is 59.2 Å². The molecular formula is C20H18FN5O2S. The maximum Gasteiger partial charge on any atom is 0.274 e. The normalized spacial score (nSPS) is 23.4. The van der Waals surface area contributed by atoms with Gasteiger partial charge in [0.25, 0.3) is 5.91 Å². The molecule has 3 heterocycles. The first-order chi connectivity index (χ1) is 14.0. The van der Waals surface area contributed by atoms with Gasteiger partial charge in [-0.15, -0.1) is 0 Å². The number of nitrogens with zero attached hydrogens (tertiary/aromatic N) is 3. The van der Waals surface area contributed by atoms with Gasteiger partial charge < -0.3 is 15.8 Å². The van der Waals surface area contributed by atoms with E-state index < -0.39 is 17.4 Å². The van der Waals surface area contributed by atoms with Crippen LogP contribution in [0.25, 0.3) is 0 Å². The predicted octanol–water partition coefficient (Wildman–Crippen LogP) is 2.99. The molecule has 2 atom stereocenters. The second-order valence-electron chi connectivity index (χ2n) is 6.84. The van der Waals surface area contributed by atoms with Crippen molar-refractivity contribution in [3.63, 3.8) is 0 Å². The number of aromatic nitrogens is 1. The molecule has 0 radical (unpaired) electrons. The summed E-state index contributed by atoms with van der Waals surface area (Å²) in [6.45, 7) is 0.461. The number of hydrogen-bond acceptors (Lipinski definition) is 7. The van der Waals surface area contributed by atoms with E-state index in [9.17, 15) is 9.18 Å². The smallest absolute Gasteiger partial charge is 0.274 e. The Morgan fingerprint density at radius 2 is 2.28 bits per heavy atom. The molecule has 2 aromatic rings. The lowest BCUT2D eigenvalue weighted by Gasteiger charge is -2.43. The average molecular weight is 411 g/mol. The van der Waals surface area contributed by atoms with Crippen LogP contribution in [-0.2, 0) is 10.5 Å². The molecule has 0 unspecified atom stereocenters. The number of fused-ring (bicyclic) bond motifs is 1. The summed E-state index contributed by atoms with van der Waals surface area (Å²) in [5.74, 6) is -0.238. The minimum atomic E-state index is -1.18. The van der Waals surface area contributed by atoms with Crippen molar-refractivity contribution < 1.29 is 13.9 Å². The Balaban J connectivity index is 1.66. The van der Waals surface area contributed by atoms with E-state index in [2.05, 4.69) is 15.3 Å². The summed E-state index contributed by atoms with van der Waals surface area (Å²) in [7, 11) is 0. The van der Waals surface area contributed by atoms with Crippen LogP contribution in [0, 0.1) is 23.1 Å².